The molecule has 6 heteroatoms. The number of hydrogen-bond acceptors (Lipinski definition) is 5. The zero-order valence-corrected chi connectivity index (χ0v) is 11.5. The lowest BCUT2D eigenvalue weighted by Gasteiger charge is -2.12. The lowest BCUT2D eigenvalue weighted by molar-refractivity contribution is 0.183. The van der Waals surface area contributed by atoms with Crippen molar-refractivity contribution in [3.05, 3.63) is 18.2 Å². The van der Waals surface area contributed by atoms with Crippen molar-refractivity contribution in [1.82, 2.24) is 0 Å². The average molecular weight is 272 g/mol. The lowest BCUT2D eigenvalue weighted by atomic mass is 10.2. The molecule has 1 aromatic carbocycles. The Kier molecular flexibility index (Phi) is 4.98. The summed E-state index contributed by atoms with van der Waals surface area (Å²) in [5.74, 6) is 0. The number of nitrogen functional groups attached to an aromatic ring is 1. The second-order valence-electron chi connectivity index (χ2n) is 4.41. The van der Waals surface area contributed by atoms with Crippen LogP contribution < -0.4 is 11.1 Å². The summed E-state index contributed by atoms with van der Waals surface area (Å²) in [6, 6.07) is 4.89. The van der Waals surface area contributed by atoms with Crippen LogP contribution in [0, 0.1) is 0 Å². The van der Waals surface area contributed by atoms with Crippen LogP contribution >= 0.6 is 0 Å². The number of para-hydroxylation sites is 1. The van der Waals surface area contributed by atoms with Crippen molar-refractivity contribution in [3.63, 3.8) is 0 Å². The maximum absolute atomic E-state index is 11.5. The number of rotatable bonds is 6. The summed E-state index contributed by atoms with van der Waals surface area (Å²) in [7, 11) is -3.31. The van der Waals surface area contributed by atoms with Gasteiger partial charge in [-0.1, -0.05) is 6.07 Å². The van der Waals surface area contributed by atoms with Gasteiger partial charge in [-0.05, 0) is 31.9 Å². The normalized spacial score (nSPS) is 13.3. The van der Waals surface area contributed by atoms with Gasteiger partial charge in [0.15, 0.2) is 9.84 Å². The number of nitrogens with one attached hydrogen (secondary N) is 1. The van der Waals surface area contributed by atoms with E-state index < -0.39 is 9.84 Å². The Balaban J connectivity index is 2.73. The second kappa shape index (κ2) is 6.06. The molecule has 0 saturated carbocycles. The molecule has 0 amide bonds. The number of benzene rings is 1. The minimum absolute atomic E-state index is 0.142. The molecule has 0 aromatic heterocycles. The van der Waals surface area contributed by atoms with Gasteiger partial charge in [0.1, 0.15) is 0 Å². The van der Waals surface area contributed by atoms with E-state index in [1.54, 1.807) is 19.1 Å². The molecule has 1 unspecified atom stereocenters. The maximum atomic E-state index is 11.5. The van der Waals surface area contributed by atoms with Gasteiger partial charge in [-0.2, -0.15) is 0 Å². The standard InChI is InChI=1S/C12H20N2O3S/c1-9(15)5-4-8-14-10-6-3-7-11(12(10)13)18(2,16)17/h3,6-7,9,14-15H,4-5,8,13H2,1-2H3. The van der Waals surface area contributed by atoms with Crippen LogP contribution in [0.25, 0.3) is 0 Å². The molecule has 4 N–H and O–H groups in total. The molecule has 18 heavy (non-hydrogen) atoms. The molecule has 0 heterocycles. The molecule has 0 spiro atoms. The molecule has 5 nitrogen and oxygen atoms in total. The molecule has 0 bridgehead atoms. The van der Waals surface area contributed by atoms with Crippen molar-refractivity contribution in [2.45, 2.75) is 30.8 Å². The summed E-state index contributed by atoms with van der Waals surface area (Å²) in [5, 5.41) is 12.2. The van der Waals surface area contributed by atoms with E-state index in [9.17, 15) is 8.42 Å². The Labute approximate surface area is 108 Å². The fourth-order valence-corrected chi connectivity index (χ4v) is 2.48. The van der Waals surface area contributed by atoms with Gasteiger partial charge >= 0.3 is 0 Å². The summed E-state index contributed by atoms with van der Waals surface area (Å²) in [6.07, 6.45) is 2.29. The van der Waals surface area contributed by atoms with E-state index in [0.717, 1.165) is 12.7 Å². The minimum Gasteiger partial charge on any atom is -0.396 e. The van der Waals surface area contributed by atoms with Crippen molar-refractivity contribution in [2.24, 2.45) is 0 Å². The first kappa shape index (κ1) is 14.8. The van der Waals surface area contributed by atoms with Gasteiger partial charge in [-0.25, -0.2) is 8.42 Å². The zero-order chi connectivity index (χ0) is 13.8. The highest BCUT2D eigenvalue weighted by atomic mass is 32.2. The van der Waals surface area contributed by atoms with Crippen molar-refractivity contribution in [3.8, 4) is 0 Å². The van der Waals surface area contributed by atoms with Gasteiger partial charge < -0.3 is 16.2 Å². The smallest absolute Gasteiger partial charge is 0.177 e. The highest BCUT2D eigenvalue weighted by Crippen LogP contribution is 2.26. The van der Waals surface area contributed by atoms with Crippen LogP contribution in [0.1, 0.15) is 19.8 Å². The Hall–Kier alpha value is -1.27. The van der Waals surface area contributed by atoms with Crippen LogP contribution in [-0.4, -0.2) is 32.4 Å². The summed E-state index contributed by atoms with van der Waals surface area (Å²) >= 11 is 0. The van der Waals surface area contributed by atoms with Gasteiger partial charge in [0.2, 0.25) is 0 Å². The van der Waals surface area contributed by atoms with Gasteiger partial charge in [0.25, 0.3) is 0 Å². The van der Waals surface area contributed by atoms with E-state index in [0.29, 0.717) is 18.7 Å². The molecule has 102 valence electrons. The highest BCUT2D eigenvalue weighted by Gasteiger charge is 2.13. The number of hydrogen-bond donors (Lipinski definition) is 3. The number of anilines is 2. The van der Waals surface area contributed by atoms with Crippen LogP contribution in [0.3, 0.4) is 0 Å². The van der Waals surface area contributed by atoms with Crippen LogP contribution in [0.5, 0.6) is 0 Å². The summed E-state index contributed by atoms with van der Waals surface area (Å²) in [4.78, 5) is 0.142. The van der Waals surface area contributed by atoms with E-state index >= 15 is 0 Å². The summed E-state index contributed by atoms with van der Waals surface area (Å²) in [6.45, 7) is 2.38. The van der Waals surface area contributed by atoms with Gasteiger partial charge in [-0.15, -0.1) is 0 Å². The first-order valence-corrected chi connectivity index (χ1v) is 7.72. The second-order valence-corrected chi connectivity index (χ2v) is 6.39. The fourth-order valence-electron chi connectivity index (χ4n) is 1.64. The lowest BCUT2D eigenvalue weighted by Crippen LogP contribution is -2.10. The molecular formula is C12H20N2O3S. The number of sulfone groups is 1. The van der Waals surface area contributed by atoms with Gasteiger partial charge in [0, 0.05) is 12.8 Å². The first-order chi connectivity index (χ1) is 8.32. The summed E-state index contributed by atoms with van der Waals surface area (Å²) < 4.78 is 23.0. The van der Waals surface area contributed by atoms with Crippen LogP contribution in [0.2, 0.25) is 0 Å². The Morgan fingerprint density at radius 2 is 2.11 bits per heavy atom. The van der Waals surface area contributed by atoms with Crippen molar-refractivity contribution in [1.29, 1.82) is 0 Å². The molecule has 0 fully saturated rings. The number of aliphatic hydroxyl groups is 1. The van der Waals surface area contributed by atoms with E-state index in [4.69, 9.17) is 10.8 Å². The molecule has 1 rings (SSSR count). The van der Waals surface area contributed by atoms with Crippen molar-refractivity contribution in [2.75, 3.05) is 23.9 Å². The monoisotopic (exact) mass is 272 g/mol. The van der Waals surface area contributed by atoms with Crippen LogP contribution in [0.15, 0.2) is 23.1 Å². The Bertz CT molecular complexity index is 498. The van der Waals surface area contributed by atoms with Crippen LogP contribution in [0.4, 0.5) is 11.4 Å². The SMILES string of the molecule is CC(O)CCCNc1cccc(S(C)(=O)=O)c1N. The predicted octanol–water partition coefficient (Wildman–Crippen LogP) is 1.25. The molecule has 0 aliphatic heterocycles. The highest BCUT2D eigenvalue weighted by molar-refractivity contribution is 7.90. The maximum Gasteiger partial charge on any atom is 0.177 e. The van der Waals surface area contributed by atoms with E-state index in [-0.39, 0.29) is 16.7 Å². The topological polar surface area (TPSA) is 92.4 Å². The Morgan fingerprint density at radius 3 is 2.67 bits per heavy atom. The molecule has 1 aromatic rings. The first-order valence-electron chi connectivity index (χ1n) is 5.83. The van der Waals surface area contributed by atoms with Crippen molar-refractivity contribution >= 4 is 21.2 Å². The van der Waals surface area contributed by atoms with Crippen molar-refractivity contribution < 1.29 is 13.5 Å². The predicted molar refractivity (Wildman–Crippen MR) is 73.4 cm³/mol. The number of aliphatic hydroxyl groups excluding tert-OH is 1. The number of nitrogens with two attached hydrogens (primary N) is 1. The zero-order valence-electron chi connectivity index (χ0n) is 10.7. The average Bonchev–Trinajstić information content (AvgIpc) is 2.24. The van der Waals surface area contributed by atoms with E-state index in [2.05, 4.69) is 5.32 Å². The molecular weight excluding hydrogens is 252 g/mol. The largest absolute Gasteiger partial charge is 0.396 e. The minimum atomic E-state index is -3.31. The molecule has 1 atom stereocenters. The van der Waals surface area contributed by atoms with Crippen LogP contribution in [-0.2, 0) is 9.84 Å². The third-order valence-corrected chi connectivity index (χ3v) is 3.73. The Morgan fingerprint density at radius 1 is 1.44 bits per heavy atom. The van der Waals surface area contributed by atoms with E-state index in [1.807, 2.05) is 0 Å². The summed E-state index contributed by atoms with van der Waals surface area (Å²) in [5.41, 5.74) is 6.68. The fraction of sp³-hybridized carbons (Fsp3) is 0.500. The molecule has 0 radical (unpaired) electrons. The van der Waals surface area contributed by atoms with E-state index in [1.165, 1.54) is 6.07 Å². The third-order valence-electron chi connectivity index (χ3n) is 2.58. The quantitative estimate of drug-likeness (QED) is 0.535. The molecule has 0 aliphatic carbocycles. The van der Waals surface area contributed by atoms with Gasteiger partial charge in [0.05, 0.1) is 22.4 Å². The third kappa shape index (κ3) is 4.19. The van der Waals surface area contributed by atoms with Gasteiger partial charge in [-0.3, -0.25) is 0 Å². The molecule has 0 saturated heterocycles. The molecule has 0 aliphatic rings.